The maximum atomic E-state index is 5.71. The predicted octanol–water partition coefficient (Wildman–Crippen LogP) is 1.70. The van der Waals surface area contributed by atoms with E-state index in [1.54, 1.807) is 6.20 Å². The molecule has 3 nitrogen and oxygen atoms in total. The molecule has 1 aromatic rings. The van der Waals surface area contributed by atoms with Gasteiger partial charge in [-0.3, -0.25) is 4.98 Å². The Hall–Kier alpha value is -1.35. The van der Waals surface area contributed by atoms with E-state index in [0.717, 1.165) is 19.5 Å². The Morgan fingerprint density at radius 2 is 2.40 bits per heavy atom. The second kappa shape index (κ2) is 4.45. The molecule has 3 heteroatoms. The van der Waals surface area contributed by atoms with Crippen molar-refractivity contribution in [2.45, 2.75) is 19.9 Å². The van der Waals surface area contributed by atoms with Gasteiger partial charge in [0, 0.05) is 25.8 Å². The molecule has 1 aliphatic heterocycles. The summed E-state index contributed by atoms with van der Waals surface area (Å²) in [5.41, 5.74) is 9.55. The summed E-state index contributed by atoms with van der Waals surface area (Å²) in [4.78, 5) is 6.51. The van der Waals surface area contributed by atoms with E-state index in [1.807, 2.05) is 12.3 Å². The number of anilines is 1. The van der Waals surface area contributed by atoms with E-state index in [-0.39, 0.29) is 0 Å². The van der Waals surface area contributed by atoms with E-state index < -0.39 is 0 Å². The third-order valence-corrected chi connectivity index (χ3v) is 2.88. The second-order valence-corrected chi connectivity index (χ2v) is 3.96. The van der Waals surface area contributed by atoms with Crippen LogP contribution in [0.3, 0.4) is 0 Å². The number of rotatable bonds is 2. The quantitative estimate of drug-likeness (QED) is 0.744. The maximum absolute atomic E-state index is 5.71. The molecule has 0 saturated heterocycles. The van der Waals surface area contributed by atoms with Crippen LogP contribution in [0, 0.1) is 0 Å². The van der Waals surface area contributed by atoms with Gasteiger partial charge in [0.1, 0.15) is 0 Å². The maximum Gasteiger partial charge on any atom is 0.0601 e. The number of aromatic nitrogens is 1. The van der Waals surface area contributed by atoms with Gasteiger partial charge in [-0.15, -0.1) is 0 Å². The zero-order valence-corrected chi connectivity index (χ0v) is 9.11. The summed E-state index contributed by atoms with van der Waals surface area (Å²) in [7, 11) is 0. The molecule has 0 saturated carbocycles. The van der Waals surface area contributed by atoms with Crippen LogP contribution in [0.4, 0.5) is 5.69 Å². The number of nitrogens with zero attached hydrogens (tertiary/aromatic N) is 2. The SMILES string of the molecule is CC1=CCN(c2cnccc2CN)CC1. The molecule has 0 amide bonds. The Morgan fingerprint density at radius 1 is 1.53 bits per heavy atom. The Morgan fingerprint density at radius 3 is 3.07 bits per heavy atom. The van der Waals surface area contributed by atoms with Gasteiger partial charge in [0.05, 0.1) is 11.9 Å². The normalized spacial score (nSPS) is 16.4. The summed E-state index contributed by atoms with van der Waals surface area (Å²) in [6, 6.07) is 2.00. The van der Waals surface area contributed by atoms with E-state index in [0.29, 0.717) is 6.54 Å². The highest BCUT2D eigenvalue weighted by Crippen LogP contribution is 2.22. The lowest BCUT2D eigenvalue weighted by molar-refractivity contribution is 0.779. The molecule has 0 bridgehead atoms. The molecular weight excluding hydrogens is 186 g/mol. The zero-order valence-electron chi connectivity index (χ0n) is 9.11. The highest BCUT2D eigenvalue weighted by molar-refractivity contribution is 5.53. The highest BCUT2D eigenvalue weighted by Gasteiger charge is 2.12. The molecule has 2 N–H and O–H groups in total. The fourth-order valence-electron chi connectivity index (χ4n) is 1.86. The molecule has 0 radical (unpaired) electrons. The molecule has 0 atom stereocenters. The summed E-state index contributed by atoms with van der Waals surface area (Å²) < 4.78 is 0. The number of hydrogen-bond donors (Lipinski definition) is 1. The fourth-order valence-corrected chi connectivity index (χ4v) is 1.86. The lowest BCUT2D eigenvalue weighted by Crippen LogP contribution is -2.29. The van der Waals surface area contributed by atoms with Crippen LogP contribution in [0.15, 0.2) is 30.1 Å². The third kappa shape index (κ3) is 2.18. The summed E-state index contributed by atoms with van der Waals surface area (Å²) in [6.45, 7) is 4.81. The van der Waals surface area contributed by atoms with Crippen molar-refractivity contribution in [1.82, 2.24) is 4.98 Å². The summed E-state index contributed by atoms with van der Waals surface area (Å²) in [5.74, 6) is 0. The molecule has 2 rings (SSSR count). The van der Waals surface area contributed by atoms with Crippen LogP contribution in [0.1, 0.15) is 18.9 Å². The summed E-state index contributed by atoms with van der Waals surface area (Å²) in [5, 5.41) is 0. The van der Waals surface area contributed by atoms with Gasteiger partial charge in [-0.1, -0.05) is 11.6 Å². The molecule has 0 unspecified atom stereocenters. The van der Waals surface area contributed by atoms with Gasteiger partial charge in [-0.25, -0.2) is 0 Å². The minimum Gasteiger partial charge on any atom is -0.366 e. The Balaban J connectivity index is 2.22. The summed E-state index contributed by atoms with van der Waals surface area (Å²) >= 11 is 0. The first kappa shape index (κ1) is 10.2. The number of pyridine rings is 1. The third-order valence-electron chi connectivity index (χ3n) is 2.88. The van der Waals surface area contributed by atoms with Crippen molar-refractivity contribution < 1.29 is 0 Å². The van der Waals surface area contributed by atoms with E-state index in [4.69, 9.17) is 5.73 Å². The van der Waals surface area contributed by atoms with Gasteiger partial charge in [0.2, 0.25) is 0 Å². The molecule has 0 fully saturated rings. The average molecular weight is 203 g/mol. The van der Waals surface area contributed by atoms with Crippen LogP contribution >= 0.6 is 0 Å². The Kier molecular flexibility index (Phi) is 3.02. The Labute approximate surface area is 90.6 Å². The molecule has 2 heterocycles. The van der Waals surface area contributed by atoms with Crippen LogP contribution in [0.5, 0.6) is 0 Å². The Bertz CT molecular complexity index is 371. The fraction of sp³-hybridized carbons (Fsp3) is 0.417. The van der Waals surface area contributed by atoms with Gasteiger partial charge < -0.3 is 10.6 Å². The molecule has 1 aliphatic rings. The van der Waals surface area contributed by atoms with E-state index in [1.165, 1.54) is 16.8 Å². The second-order valence-electron chi connectivity index (χ2n) is 3.96. The minimum absolute atomic E-state index is 0.580. The van der Waals surface area contributed by atoms with Crippen molar-refractivity contribution in [2.75, 3.05) is 18.0 Å². The van der Waals surface area contributed by atoms with Gasteiger partial charge in [-0.05, 0) is 25.0 Å². The standard InChI is InChI=1S/C12H17N3/c1-10-3-6-15(7-4-10)12-9-14-5-2-11(12)8-13/h2-3,5,9H,4,6-8,13H2,1H3. The monoisotopic (exact) mass is 203 g/mol. The van der Waals surface area contributed by atoms with E-state index >= 15 is 0 Å². The first-order chi connectivity index (χ1) is 7.31. The van der Waals surface area contributed by atoms with Gasteiger partial charge in [0.25, 0.3) is 0 Å². The van der Waals surface area contributed by atoms with Crippen LogP contribution in [-0.4, -0.2) is 18.1 Å². The molecule has 0 aromatic carbocycles. The predicted molar refractivity (Wildman–Crippen MR) is 62.7 cm³/mol. The molecule has 80 valence electrons. The van der Waals surface area contributed by atoms with Gasteiger partial charge >= 0.3 is 0 Å². The zero-order chi connectivity index (χ0) is 10.7. The highest BCUT2D eigenvalue weighted by atomic mass is 15.1. The lowest BCUT2D eigenvalue weighted by atomic mass is 10.1. The smallest absolute Gasteiger partial charge is 0.0601 e. The van der Waals surface area contributed by atoms with Crippen molar-refractivity contribution in [3.05, 3.63) is 35.7 Å². The van der Waals surface area contributed by atoms with Gasteiger partial charge in [0.15, 0.2) is 0 Å². The first-order valence-corrected chi connectivity index (χ1v) is 5.35. The minimum atomic E-state index is 0.580. The van der Waals surface area contributed by atoms with Crippen LogP contribution < -0.4 is 10.6 Å². The first-order valence-electron chi connectivity index (χ1n) is 5.35. The van der Waals surface area contributed by atoms with Crippen molar-refractivity contribution >= 4 is 5.69 Å². The molecule has 1 aromatic heterocycles. The molecular formula is C12H17N3. The van der Waals surface area contributed by atoms with Crippen LogP contribution in [0.2, 0.25) is 0 Å². The largest absolute Gasteiger partial charge is 0.366 e. The molecule has 15 heavy (non-hydrogen) atoms. The van der Waals surface area contributed by atoms with Crippen molar-refractivity contribution in [1.29, 1.82) is 0 Å². The van der Waals surface area contributed by atoms with E-state index in [2.05, 4.69) is 22.9 Å². The average Bonchev–Trinajstić information content (AvgIpc) is 2.30. The number of nitrogens with two attached hydrogens (primary N) is 1. The van der Waals surface area contributed by atoms with Crippen molar-refractivity contribution in [3.8, 4) is 0 Å². The van der Waals surface area contributed by atoms with E-state index in [9.17, 15) is 0 Å². The van der Waals surface area contributed by atoms with Crippen molar-refractivity contribution in [2.24, 2.45) is 5.73 Å². The molecule has 0 aliphatic carbocycles. The topological polar surface area (TPSA) is 42.2 Å². The van der Waals surface area contributed by atoms with Crippen LogP contribution in [0.25, 0.3) is 0 Å². The van der Waals surface area contributed by atoms with Gasteiger partial charge in [-0.2, -0.15) is 0 Å². The lowest BCUT2D eigenvalue weighted by Gasteiger charge is -2.28. The molecule has 0 spiro atoms. The summed E-state index contributed by atoms with van der Waals surface area (Å²) in [6.07, 6.45) is 7.13. The van der Waals surface area contributed by atoms with Crippen molar-refractivity contribution in [3.63, 3.8) is 0 Å². The van der Waals surface area contributed by atoms with Crippen LogP contribution in [-0.2, 0) is 6.54 Å². The number of hydrogen-bond acceptors (Lipinski definition) is 3.